The van der Waals surface area contributed by atoms with Crippen molar-refractivity contribution in [3.8, 4) is 0 Å². The summed E-state index contributed by atoms with van der Waals surface area (Å²) in [7, 11) is 0. The van der Waals surface area contributed by atoms with Gasteiger partial charge in [0.15, 0.2) is 23.3 Å². The number of likely N-dealkylation sites (tertiary alicyclic amines) is 1. The molecule has 0 saturated carbocycles. The van der Waals surface area contributed by atoms with Gasteiger partial charge in [-0.15, -0.1) is 0 Å². The fourth-order valence-corrected chi connectivity index (χ4v) is 5.21. The van der Waals surface area contributed by atoms with Crippen molar-refractivity contribution >= 4 is 29.2 Å². The maximum absolute atomic E-state index is 15.4. The van der Waals surface area contributed by atoms with Crippen molar-refractivity contribution in [2.45, 2.75) is 58.8 Å². The van der Waals surface area contributed by atoms with Crippen LogP contribution in [0.3, 0.4) is 0 Å². The molecule has 4 rings (SSSR count). The number of carbonyl (C=O) groups is 1. The number of carboxylic acids is 1. The zero-order valence-electron chi connectivity index (χ0n) is 21.1. The van der Waals surface area contributed by atoms with Crippen molar-refractivity contribution < 1.29 is 27.5 Å². The first-order chi connectivity index (χ1) is 17.9. The SMILES string of the molecule is Cc1cc(Nc2nc(C[C@@]3(C(=O)O)CCN(Cc4cccc(Cl)c4F)[C@H](C)C3)c(F)c(C(C)F)c2F)n[nH]1. The Morgan fingerprint density at radius 1 is 1.32 bits per heavy atom. The number of alkyl halides is 1. The van der Waals surface area contributed by atoms with Gasteiger partial charge in [-0.2, -0.15) is 5.10 Å². The molecular formula is C26H28ClF4N5O2. The predicted molar refractivity (Wildman–Crippen MR) is 135 cm³/mol. The highest BCUT2D eigenvalue weighted by Gasteiger charge is 2.46. The Morgan fingerprint density at radius 3 is 2.66 bits per heavy atom. The second-order valence-corrected chi connectivity index (χ2v) is 10.3. The monoisotopic (exact) mass is 553 g/mol. The Bertz CT molecular complexity index is 1350. The topological polar surface area (TPSA) is 94.1 Å². The third kappa shape index (κ3) is 5.49. The number of pyridine rings is 1. The summed E-state index contributed by atoms with van der Waals surface area (Å²) in [4.78, 5) is 18.5. The van der Waals surface area contributed by atoms with Crippen LogP contribution < -0.4 is 5.32 Å². The Balaban J connectivity index is 1.64. The number of aliphatic carboxylic acids is 1. The van der Waals surface area contributed by atoms with Crippen LogP contribution in [0, 0.1) is 29.8 Å². The number of nitrogens with one attached hydrogen (secondary N) is 2. The fourth-order valence-electron chi connectivity index (χ4n) is 5.01. The van der Waals surface area contributed by atoms with Crippen molar-refractivity contribution in [1.82, 2.24) is 20.1 Å². The van der Waals surface area contributed by atoms with Crippen LogP contribution in [0.5, 0.6) is 0 Å². The van der Waals surface area contributed by atoms with Crippen LogP contribution >= 0.6 is 11.6 Å². The van der Waals surface area contributed by atoms with Gasteiger partial charge in [0, 0.05) is 36.3 Å². The molecule has 1 fully saturated rings. The second-order valence-electron chi connectivity index (χ2n) is 9.87. The van der Waals surface area contributed by atoms with Gasteiger partial charge in [-0.3, -0.25) is 14.8 Å². The van der Waals surface area contributed by atoms with Gasteiger partial charge in [-0.25, -0.2) is 22.5 Å². The minimum atomic E-state index is -2.01. The van der Waals surface area contributed by atoms with E-state index in [0.29, 0.717) is 11.3 Å². The smallest absolute Gasteiger partial charge is 0.310 e. The Hall–Kier alpha value is -3.18. The molecule has 38 heavy (non-hydrogen) atoms. The van der Waals surface area contributed by atoms with Gasteiger partial charge in [0.1, 0.15) is 12.0 Å². The number of piperidine rings is 1. The molecule has 1 aromatic carbocycles. The molecule has 2 aromatic heterocycles. The van der Waals surface area contributed by atoms with Crippen molar-refractivity contribution in [1.29, 1.82) is 0 Å². The molecular weight excluding hydrogens is 526 g/mol. The van der Waals surface area contributed by atoms with E-state index in [-0.39, 0.29) is 54.9 Å². The van der Waals surface area contributed by atoms with Gasteiger partial charge in [0.05, 0.1) is 21.7 Å². The summed E-state index contributed by atoms with van der Waals surface area (Å²) in [6.07, 6.45) is -2.21. The van der Waals surface area contributed by atoms with Crippen LogP contribution in [0.4, 0.5) is 29.2 Å². The lowest BCUT2D eigenvalue weighted by Crippen LogP contribution is -2.50. The average molecular weight is 554 g/mol. The van der Waals surface area contributed by atoms with Gasteiger partial charge in [0.25, 0.3) is 0 Å². The highest BCUT2D eigenvalue weighted by molar-refractivity contribution is 6.30. The minimum absolute atomic E-state index is 0.00258. The summed E-state index contributed by atoms with van der Waals surface area (Å²) in [6, 6.07) is 5.93. The van der Waals surface area contributed by atoms with Crippen molar-refractivity contribution in [2.24, 2.45) is 5.41 Å². The lowest BCUT2D eigenvalue weighted by atomic mass is 9.72. The number of hydrogen-bond donors (Lipinski definition) is 3. The minimum Gasteiger partial charge on any atom is -0.481 e. The molecule has 3 N–H and O–H groups in total. The van der Waals surface area contributed by atoms with E-state index in [0.717, 1.165) is 6.92 Å². The molecule has 12 heteroatoms. The maximum Gasteiger partial charge on any atom is 0.310 e. The lowest BCUT2D eigenvalue weighted by molar-refractivity contribution is -0.153. The highest BCUT2D eigenvalue weighted by atomic mass is 35.5. The molecule has 1 unspecified atom stereocenters. The number of H-pyrrole nitrogens is 1. The maximum atomic E-state index is 15.4. The molecule has 0 bridgehead atoms. The Labute approximate surface area is 222 Å². The number of aryl methyl sites for hydroxylation is 1. The third-order valence-electron chi connectivity index (χ3n) is 7.08. The number of anilines is 2. The number of benzene rings is 1. The van der Waals surface area contributed by atoms with Crippen LogP contribution in [0.1, 0.15) is 55.4 Å². The largest absolute Gasteiger partial charge is 0.481 e. The number of halogens is 5. The van der Waals surface area contributed by atoms with E-state index in [4.69, 9.17) is 11.6 Å². The normalized spacial score (nSPS) is 20.9. The molecule has 1 aliphatic rings. The van der Waals surface area contributed by atoms with Crippen LogP contribution in [0.15, 0.2) is 24.3 Å². The zero-order valence-corrected chi connectivity index (χ0v) is 21.8. The molecule has 7 nitrogen and oxygen atoms in total. The predicted octanol–water partition coefficient (Wildman–Crippen LogP) is 6.26. The Morgan fingerprint density at radius 2 is 2.05 bits per heavy atom. The first kappa shape index (κ1) is 27.8. The molecule has 0 spiro atoms. The van der Waals surface area contributed by atoms with Gasteiger partial charge in [-0.05, 0) is 46.2 Å². The van der Waals surface area contributed by atoms with Crippen molar-refractivity contribution in [3.63, 3.8) is 0 Å². The highest BCUT2D eigenvalue weighted by Crippen LogP contribution is 2.41. The molecule has 0 radical (unpaired) electrons. The van der Waals surface area contributed by atoms with Gasteiger partial charge in [-0.1, -0.05) is 23.7 Å². The number of carboxylic acid groups (broad SMARTS) is 1. The van der Waals surface area contributed by atoms with Crippen molar-refractivity contribution in [3.05, 3.63) is 69.3 Å². The second kappa shape index (κ2) is 10.9. The van der Waals surface area contributed by atoms with E-state index in [9.17, 15) is 18.7 Å². The van der Waals surface area contributed by atoms with Gasteiger partial charge < -0.3 is 10.4 Å². The third-order valence-corrected chi connectivity index (χ3v) is 7.37. The number of hydrogen-bond acceptors (Lipinski definition) is 5. The summed E-state index contributed by atoms with van der Waals surface area (Å²) >= 11 is 5.89. The summed E-state index contributed by atoms with van der Waals surface area (Å²) < 4.78 is 59.3. The van der Waals surface area contributed by atoms with Gasteiger partial charge >= 0.3 is 5.97 Å². The van der Waals surface area contributed by atoms with E-state index in [1.165, 1.54) is 6.07 Å². The summed E-state index contributed by atoms with van der Waals surface area (Å²) in [5.41, 5.74) is -1.59. The molecule has 3 heterocycles. The van der Waals surface area contributed by atoms with Crippen LogP contribution in [0.25, 0.3) is 0 Å². The van der Waals surface area contributed by atoms with Gasteiger partial charge in [0.2, 0.25) is 0 Å². The van der Waals surface area contributed by atoms with E-state index in [2.05, 4.69) is 20.5 Å². The lowest BCUT2D eigenvalue weighted by Gasteiger charge is -2.43. The molecule has 0 amide bonds. The number of aromatic nitrogens is 3. The molecule has 1 saturated heterocycles. The average Bonchev–Trinajstić information content (AvgIpc) is 3.26. The van der Waals surface area contributed by atoms with E-state index in [1.807, 2.05) is 4.90 Å². The van der Waals surface area contributed by atoms with E-state index >= 15 is 8.78 Å². The number of aromatic amines is 1. The summed E-state index contributed by atoms with van der Waals surface area (Å²) in [5, 5.41) is 19.5. The molecule has 3 aromatic rings. The number of rotatable bonds is 8. The summed E-state index contributed by atoms with van der Waals surface area (Å²) in [5.74, 6) is -4.39. The standard InChI is InChI=1S/C26H28ClF4N5O2/c1-13-9-19(35-34-13)33-24-23(31)20(15(3)28)22(30)18(32-24)11-26(25(37)38)7-8-36(14(2)10-26)12-16-5-4-6-17(27)21(16)29/h4-6,9,14-15H,7-8,10-12H2,1-3H3,(H,37,38)(H2,32,33,34,35)/t14-,15?,26-/m1/s1. The zero-order chi connectivity index (χ0) is 27.8. The van der Waals surface area contributed by atoms with Crippen molar-refractivity contribution in [2.75, 3.05) is 11.9 Å². The molecule has 1 aliphatic heterocycles. The van der Waals surface area contributed by atoms with Crippen LogP contribution in [-0.4, -0.2) is 43.7 Å². The van der Waals surface area contributed by atoms with E-state index < -0.39 is 46.4 Å². The fraction of sp³-hybridized carbons (Fsp3) is 0.423. The first-order valence-corrected chi connectivity index (χ1v) is 12.5. The molecule has 0 aliphatic carbocycles. The quantitative estimate of drug-likeness (QED) is 0.285. The molecule has 204 valence electrons. The molecule has 3 atom stereocenters. The number of nitrogens with zero attached hydrogens (tertiary/aromatic N) is 3. The van der Waals surface area contributed by atoms with E-state index in [1.54, 1.807) is 32.0 Å². The summed E-state index contributed by atoms with van der Waals surface area (Å²) in [6.45, 7) is 5.00. The first-order valence-electron chi connectivity index (χ1n) is 12.1. The Kier molecular flexibility index (Phi) is 7.98. The van der Waals surface area contributed by atoms with Crippen LogP contribution in [-0.2, 0) is 17.8 Å². The van der Waals surface area contributed by atoms with Crippen LogP contribution in [0.2, 0.25) is 5.02 Å².